The van der Waals surface area contributed by atoms with E-state index >= 15 is 0 Å². The Labute approximate surface area is 272 Å². The average molecular weight is 632 g/mol. The fraction of sp³-hybridized carbons (Fsp3) is 0.361. The summed E-state index contributed by atoms with van der Waals surface area (Å²) in [4.78, 5) is 24.3. The molecule has 6 heterocycles. The molecule has 11 heteroatoms. The number of benzene rings is 1. The molecular weight excluding hydrogens is 593 g/mol. The minimum absolute atomic E-state index is 0.368. The van der Waals surface area contributed by atoms with Crippen LogP contribution in [0.25, 0.3) is 55.8 Å². The van der Waals surface area contributed by atoms with Gasteiger partial charge in [0.25, 0.3) is 0 Å². The first-order chi connectivity index (χ1) is 23.2. The number of fused-ring (bicyclic) bond motifs is 2. The van der Waals surface area contributed by atoms with Gasteiger partial charge in [-0.25, -0.2) is 9.37 Å². The zero-order chi connectivity index (χ0) is 31.6. The number of H-pyrrole nitrogens is 2. The van der Waals surface area contributed by atoms with Crippen molar-refractivity contribution in [2.24, 2.45) is 5.92 Å². The monoisotopic (exact) mass is 631 g/mol. The SMILES string of the molecule is Fc1cc(OCCN2CCCC2)cc(-c2cncc3[nH]c(-c4n[nH]c5cnc(-c6cncc(CNCC7CCCC7)c6)cc45)nc23)c1. The fourth-order valence-electron chi connectivity index (χ4n) is 6.97. The molecule has 6 aromatic rings. The zero-order valence-electron chi connectivity index (χ0n) is 26.3. The van der Waals surface area contributed by atoms with Crippen LogP contribution in [0.15, 0.2) is 61.3 Å². The third-order valence-corrected chi connectivity index (χ3v) is 9.45. The van der Waals surface area contributed by atoms with E-state index in [4.69, 9.17) is 14.7 Å². The smallest absolute Gasteiger partial charge is 0.159 e. The van der Waals surface area contributed by atoms with Gasteiger partial charge >= 0.3 is 0 Å². The number of aromatic amines is 2. The van der Waals surface area contributed by atoms with Gasteiger partial charge in [0.15, 0.2) is 5.82 Å². The third kappa shape index (κ3) is 6.45. The van der Waals surface area contributed by atoms with E-state index < -0.39 is 0 Å². The second-order valence-electron chi connectivity index (χ2n) is 12.8. The number of likely N-dealkylation sites (tertiary alicyclic amines) is 1. The maximum atomic E-state index is 14.8. The van der Waals surface area contributed by atoms with Gasteiger partial charge in [-0.05, 0) is 86.6 Å². The van der Waals surface area contributed by atoms with E-state index in [1.54, 1.807) is 18.6 Å². The molecule has 0 atom stereocenters. The molecule has 2 aliphatic rings. The van der Waals surface area contributed by atoms with Gasteiger partial charge in [0.2, 0.25) is 0 Å². The average Bonchev–Trinajstić information content (AvgIpc) is 3.91. The fourth-order valence-corrected chi connectivity index (χ4v) is 6.97. The summed E-state index contributed by atoms with van der Waals surface area (Å²) in [5.74, 6) is 1.50. The molecule has 3 N–H and O–H groups in total. The van der Waals surface area contributed by atoms with Gasteiger partial charge in [-0.3, -0.25) is 25.0 Å². The van der Waals surface area contributed by atoms with Crippen LogP contribution in [0.2, 0.25) is 0 Å². The van der Waals surface area contributed by atoms with Crippen molar-refractivity contribution in [2.45, 2.75) is 45.1 Å². The highest BCUT2D eigenvalue weighted by molar-refractivity contribution is 5.97. The number of rotatable bonds is 11. The van der Waals surface area contributed by atoms with Gasteiger partial charge in [-0.1, -0.05) is 12.8 Å². The predicted molar refractivity (Wildman–Crippen MR) is 180 cm³/mol. The summed E-state index contributed by atoms with van der Waals surface area (Å²) < 4.78 is 20.8. The van der Waals surface area contributed by atoms with Crippen molar-refractivity contribution in [3.05, 3.63) is 72.7 Å². The van der Waals surface area contributed by atoms with E-state index in [9.17, 15) is 4.39 Å². The lowest BCUT2D eigenvalue weighted by atomic mass is 10.1. The van der Waals surface area contributed by atoms with E-state index in [1.807, 2.05) is 24.5 Å². The Morgan fingerprint density at radius 2 is 1.77 bits per heavy atom. The number of halogens is 1. The van der Waals surface area contributed by atoms with Gasteiger partial charge in [-0.15, -0.1) is 0 Å². The number of ether oxygens (including phenoxy) is 1. The molecule has 47 heavy (non-hydrogen) atoms. The predicted octanol–water partition coefficient (Wildman–Crippen LogP) is 6.52. The molecule has 0 bridgehead atoms. The maximum absolute atomic E-state index is 14.8. The normalized spacial score (nSPS) is 15.8. The summed E-state index contributed by atoms with van der Waals surface area (Å²) in [5, 5.41) is 12.2. The number of nitrogens with zero attached hydrogens (tertiary/aromatic N) is 6. The van der Waals surface area contributed by atoms with Gasteiger partial charge < -0.3 is 15.0 Å². The van der Waals surface area contributed by atoms with Crippen molar-refractivity contribution in [1.29, 1.82) is 0 Å². The first-order valence-electron chi connectivity index (χ1n) is 16.7. The number of nitrogens with one attached hydrogen (secondary N) is 3. The van der Waals surface area contributed by atoms with Gasteiger partial charge in [0, 0.05) is 54.3 Å². The number of imidazole rings is 1. The molecular formula is C36H38FN9O. The Kier molecular flexibility index (Phi) is 8.31. The first-order valence-corrected chi connectivity index (χ1v) is 16.7. The first kappa shape index (κ1) is 29.6. The van der Waals surface area contributed by atoms with Gasteiger partial charge in [0.05, 0.1) is 34.6 Å². The van der Waals surface area contributed by atoms with Crippen LogP contribution in [0.1, 0.15) is 44.1 Å². The van der Waals surface area contributed by atoms with E-state index in [0.29, 0.717) is 40.5 Å². The third-order valence-electron chi connectivity index (χ3n) is 9.45. The lowest BCUT2D eigenvalue weighted by Gasteiger charge is -2.15. The quantitative estimate of drug-likeness (QED) is 0.148. The van der Waals surface area contributed by atoms with Crippen molar-refractivity contribution in [1.82, 2.24) is 45.3 Å². The van der Waals surface area contributed by atoms with Crippen LogP contribution < -0.4 is 10.1 Å². The van der Waals surface area contributed by atoms with E-state index in [0.717, 1.165) is 71.9 Å². The molecule has 0 unspecified atom stereocenters. The molecule has 0 spiro atoms. The molecule has 1 aliphatic carbocycles. The topological polar surface area (TPSA) is 121 Å². The molecule has 1 aromatic carbocycles. The van der Waals surface area contributed by atoms with E-state index in [2.05, 4.69) is 41.4 Å². The Bertz CT molecular complexity index is 2010. The van der Waals surface area contributed by atoms with E-state index in [1.165, 1.54) is 50.7 Å². The lowest BCUT2D eigenvalue weighted by Crippen LogP contribution is -2.25. The largest absolute Gasteiger partial charge is 0.492 e. The molecule has 0 amide bonds. The Morgan fingerprint density at radius 3 is 2.66 bits per heavy atom. The molecule has 1 saturated heterocycles. The summed E-state index contributed by atoms with van der Waals surface area (Å²) in [6, 6.07) is 8.94. The van der Waals surface area contributed by atoms with Crippen LogP contribution in [0, 0.1) is 11.7 Å². The second-order valence-corrected chi connectivity index (χ2v) is 12.8. The Morgan fingerprint density at radius 1 is 0.894 bits per heavy atom. The Balaban J connectivity index is 1.05. The van der Waals surface area contributed by atoms with Gasteiger partial charge in [0.1, 0.15) is 23.9 Å². The van der Waals surface area contributed by atoms with Crippen molar-refractivity contribution in [2.75, 3.05) is 32.8 Å². The molecule has 1 aliphatic heterocycles. The summed E-state index contributed by atoms with van der Waals surface area (Å²) in [6.45, 7) is 5.37. The van der Waals surface area contributed by atoms with Crippen LogP contribution in [0.4, 0.5) is 4.39 Å². The summed E-state index contributed by atoms with van der Waals surface area (Å²) >= 11 is 0. The van der Waals surface area contributed by atoms with Crippen molar-refractivity contribution >= 4 is 21.9 Å². The minimum atomic E-state index is -0.368. The van der Waals surface area contributed by atoms with Crippen LogP contribution in [0.3, 0.4) is 0 Å². The van der Waals surface area contributed by atoms with Crippen LogP contribution in [-0.4, -0.2) is 72.8 Å². The minimum Gasteiger partial charge on any atom is -0.492 e. The molecule has 10 nitrogen and oxygen atoms in total. The van der Waals surface area contributed by atoms with Crippen molar-refractivity contribution < 1.29 is 9.13 Å². The van der Waals surface area contributed by atoms with E-state index in [-0.39, 0.29) is 5.82 Å². The summed E-state index contributed by atoms with van der Waals surface area (Å²) in [7, 11) is 0. The lowest BCUT2D eigenvalue weighted by molar-refractivity contribution is 0.237. The Hall–Kier alpha value is -4.74. The second kappa shape index (κ2) is 13.2. The number of aromatic nitrogens is 7. The standard InChI is InChI=1S/C36H38FN9O/c37-27-12-25(13-28(14-27)47-10-9-46-7-3-4-8-46)30-20-40-21-33-34(30)43-36(42-33)35-29-15-31(41-22-32(29)44-45-35)26-11-24(18-39-19-26)17-38-16-23-5-1-2-6-23/h11-15,18-23,38H,1-10,16-17H2,(H,42,43)(H,44,45). The van der Waals surface area contributed by atoms with Crippen LogP contribution in [-0.2, 0) is 6.54 Å². The summed E-state index contributed by atoms with van der Waals surface area (Å²) in [6.07, 6.45) is 16.8. The zero-order valence-corrected chi connectivity index (χ0v) is 26.3. The van der Waals surface area contributed by atoms with Crippen molar-refractivity contribution in [3.8, 4) is 39.7 Å². The van der Waals surface area contributed by atoms with Gasteiger partial charge in [-0.2, -0.15) is 5.10 Å². The molecule has 0 radical (unpaired) electrons. The number of pyridine rings is 3. The van der Waals surface area contributed by atoms with Crippen LogP contribution >= 0.6 is 0 Å². The molecule has 2 fully saturated rings. The number of hydrogen-bond donors (Lipinski definition) is 3. The molecule has 240 valence electrons. The molecule has 8 rings (SSSR count). The highest BCUT2D eigenvalue weighted by atomic mass is 19.1. The highest BCUT2D eigenvalue weighted by Crippen LogP contribution is 2.34. The number of hydrogen-bond acceptors (Lipinski definition) is 8. The molecule has 5 aromatic heterocycles. The summed E-state index contributed by atoms with van der Waals surface area (Å²) in [5.41, 5.74) is 7.11. The maximum Gasteiger partial charge on any atom is 0.159 e. The van der Waals surface area contributed by atoms with Crippen molar-refractivity contribution in [3.63, 3.8) is 0 Å². The van der Waals surface area contributed by atoms with Crippen LogP contribution in [0.5, 0.6) is 5.75 Å². The molecule has 1 saturated carbocycles. The highest BCUT2D eigenvalue weighted by Gasteiger charge is 2.19.